The molecule has 174 valence electrons. The third-order valence-corrected chi connectivity index (χ3v) is 7.30. The van der Waals surface area contributed by atoms with E-state index in [1.165, 1.54) is 11.1 Å². The molecule has 0 aliphatic carbocycles. The van der Waals surface area contributed by atoms with Crippen molar-refractivity contribution in [3.8, 4) is 5.75 Å². The van der Waals surface area contributed by atoms with Gasteiger partial charge in [-0.05, 0) is 38.2 Å². The Labute approximate surface area is 191 Å². The fraction of sp³-hybridized carbons (Fsp3) is 0.600. The highest BCUT2D eigenvalue weighted by Gasteiger charge is 2.38. The lowest BCUT2D eigenvalue weighted by Crippen LogP contribution is -2.52. The second-order valence-corrected chi connectivity index (χ2v) is 9.29. The smallest absolute Gasteiger partial charge is 0.193 e. The molecule has 7 heteroatoms. The van der Waals surface area contributed by atoms with Crippen LogP contribution in [0.4, 0.5) is 0 Å². The zero-order chi connectivity index (χ0) is 22.6. The minimum atomic E-state index is -0.0433. The Morgan fingerprint density at radius 3 is 2.84 bits per heavy atom. The van der Waals surface area contributed by atoms with Crippen LogP contribution in [0.25, 0.3) is 0 Å². The molecule has 0 saturated carbocycles. The second kappa shape index (κ2) is 9.94. The number of nitrogens with one attached hydrogen (secondary N) is 1. The number of guanidine groups is 1. The predicted molar refractivity (Wildman–Crippen MR) is 127 cm³/mol. The number of piperidine rings is 1. The van der Waals surface area contributed by atoms with Crippen molar-refractivity contribution in [2.24, 2.45) is 10.9 Å². The molecule has 1 N–H and O–H groups in total. The van der Waals surface area contributed by atoms with Crippen molar-refractivity contribution in [1.82, 2.24) is 19.8 Å². The Morgan fingerprint density at radius 1 is 1.34 bits per heavy atom. The number of methoxy groups -OCH3 is 1. The first kappa shape index (κ1) is 22.6. The lowest BCUT2D eigenvalue weighted by atomic mass is 9.73. The van der Waals surface area contributed by atoms with Crippen molar-refractivity contribution in [3.05, 3.63) is 48.0 Å². The molecule has 2 aromatic rings. The molecule has 1 aromatic heterocycles. The Bertz CT molecular complexity index is 905. The van der Waals surface area contributed by atoms with Crippen molar-refractivity contribution >= 4 is 5.96 Å². The van der Waals surface area contributed by atoms with Crippen LogP contribution in [-0.2, 0) is 10.2 Å². The van der Waals surface area contributed by atoms with E-state index in [4.69, 9.17) is 9.47 Å². The summed E-state index contributed by atoms with van der Waals surface area (Å²) in [5, 5.41) is 3.74. The van der Waals surface area contributed by atoms with E-state index in [2.05, 4.69) is 63.0 Å². The van der Waals surface area contributed by atoms with Crippen LogP contribution in [0.3, 0.4) is 0 Å². The van der Waals surface area contributed by atoms with Crippen LogP contribution < -0.4 is 10.1 Å². The molecule has 2 aliphatic rings. The van der Waals surface area contributed by atoms with E-state index in [0.717, 1.165) is 63.8 Å². The molecule has 2 atom stereocenters. The summed E-state index contributed by atoms with van der Waals surface area (Å²) in [7, 11) is 3.65. The number of rotatable bonds is 5. The summed E-state index contributed by atoms with van der Waals surface area (Å²) >= 11 is 0. The molecule has 32 heavy (non-hydrogen) atoms. The average molecular weight is 440 g/mol. The monoisotopic (exact) mass is 439 g/mol. The molecule has 0 radical (unpaired) electrons. The molecule has 4 rings (SSSR count). The normalized spacial score (nSPS) is 23.8. The van der Waals surface area contributed by atoms with Crippen LogP contribution in [0.2, 0.25) is 0 Å². The molecule has 0 spiro atoms. The molecular weight excluding hydrogens is 402 g/mol. The van der Waals surface area contributed by atoms with E-state index in [0.29, 0.717) is 12.0 Å². The Hall–Kier alpha value is -2.54. The molecule has 0 bridgehead atoms. The van der Waals surface area contributed by atoms with Crippen molar-refractivity contribution in [3.63, 3.8) is 0 Å². The van der Waals surface area contributed by atoms with Gasteiger partial charge >= 0.3 is 0 Å². The summed E-state index contributed by atoms with van der Waals surface area (Å²) in [4.78, 5) is 11.3. The van der Waals surface area contributed by atoms with Gasteiger partial charge in [-0.3, -0.25) is 4.99 Å². The van der Waals surface area contributed by atoms with Gasteiger partial charge in [0.15, 0.2) is 5.96 Å². The van der Waals surface area contributed by atoms with Crippen molar-refractivity contribution in [1.29, 1.82) is 0 Å². The lowest BCUT2D eigenvalue weighted by molar-refractivity contribution is 0.0501. The topological polar surface area (TPSA) is 63.9 Å². The molecule has 2 aliphatic heterocycles. The fourth-order valence-electron chi connectivity index (χ4n) is 5.22. The maximum atomic E-state index is 5.78. The number of imidazole rings is 1. The summed E-state index contributed by atoms with van der Waals surface area (Å²) < 4.78 is 13.8. The first-order valence-electron chi connectivity index (χ1n) is 11.7. The Morgan fingerprint density at radius 2 is 2.16 bits per heavy atom. The van der Waals surface area contributed by atoms with Crippen LogP contribution in [0.1, 0.15) is 43.4 Å². The summed E-state index contributed by atoms with van der Waals surface area (Å²) in [6.07, 6.45) is 8.93. The highest BCUT2D eigenvalue weighted by molar-refractivity contribution is 5.80. The van der Waals surface area contributed by atoms with Gasteiger partial charge in [0.25, 0.3) is 0 Å². The molecule has 0 amide bonds. The van der Waals surface area contributed by atoms with Crippen LogP contribution in [0.5, 0.6) is 5.75 Å². The van der Waals surface area contributed by atoms with Crippen LogP contribution in [-0.4, -0.2) is 67.4 Å². The van der Waals surface area contributed by atoms with Crippen molar-refractivity contribution in [2.45, 2.75) is 44.6 Å². The van der Waals surface area contributed by atoms with E-state index in [-0.39, 0.29) is 5.41 Å². The highest BCUT2D eigenvalue weighted by Crippen LogP contribution is 2.40. The van der Waals surface area contributed by atoms with Crippen LogP contribution in [0.15, 0.2) is 41.9 Å². The van der Waals surface area contributed by atoms with Gasteiger partial charge in [0, 0.05) is 63.3 Å². The number of ether oxygens (including phenoxy) is 2. The zero-order valence-electron chi connectivity index (χ0n) is 19.9. The quantitative estimate of drug-likeness (QED) is 0.571. The van der Waals surface area contributed by atoms with Crippen LogP contribution in [0, 0.1) is 12.8 Å². The molecule has 2 unspecified atom stereocenters. The Balaban J connectivity index is 1.53. The Kier molecular flexibility index (Phi) is 7.04. The largest absolute Gasteiger partial charge is 0.496 e. The summed E-state index contributed by atoms with van der Waals surface area (Å²) in [6.45, 7) is 8.76. The van der Waals surface area contributed by atoms with Gasteiger partial charge in [0.2, 0.25) is 0 Å². The fourth-order valence-corrected chi connectivity index (χ4v) is 5.22. The van der Waals surface area contributed by atoms with E-state index in [1.54, 1.807) is 7.11 Å². The maximum absolute atomic E-state index is 5.78. The van der Waals surface area contributed by atoms with Gasteiger partial charge in [0.1, 0.15) is 5.75 Å². The summed E-state index contributed by atoms with van der Waals surface area (Å²) in [5.41, 5.74) is 2.48. The van der Waals surface area contributed by atoms with Crippen LogP contribution >= 0.6 is 0 Å². The molecule has 2 saturated heterocycles. The third-order valence-electron chi connectivity index (χ3n) is 7.30. The SMILES string of the molecule is CN=C(NCC1(c2cc(C)ccc2OC)CCOCC1)N1CCC(C)C(n2ccnc2)C1. The first-order valence-corrected chi connectivity index (χ1v) is 11.7. The van der Waals surface area contributed by atoms with E-state index in [9.17, 15) is 0 Å². The summed E-state index contributed by atoms with van der Waals surface area (Å²) in [5.74, 6) is 2.54. The number of hydrogen-bond acceptors (Lipinski definition) is 4. The number of aliphatic imine (C=N–C) groups is 1. The predicted octanol–water partition coefficient (Wildman–Crippen LogP) is 3.41. The van der Waals surface area contributed by atoms with E-state index < -0.39 is 0 Å². The van der Waals surface area contributed by atoms with Gasteiger partial charge in [0.05, 0.1) is 19.5 Å². The number of hydrogen-bond donors (Lipinski definition) is 1. The highest BCUT2D eigenvalue weighted by atomic mass is 16.5. The summed E-state index contributed by atoms with van der Waals surface area (Å²) in [6, 6.07) is 6.90. The average Bonchev–Trinajstić information content (AvgIpc) is 3.36. The van der Waals surface area contributed by atoms with E-state index in [1.807, 2.05) is 19.6 Å². The second-order valence-electron chi connectivity index (χ2n) is 9.29. The van der Waals surface area contributed by atoms with E-state index >= 15 is 0 Å². The molecule has 1 aromatic carbocycles. The zero-order valence-corrected chi connectivity index (χ0v) is 19.9. The van der Waals surface area contributed by atoms with Gasteiger partial charge in [-0.2, -0.15) is 0 Å². The number of likely N-dealkylation sites (tertiary alicyclic amines) is 1. The maximum Gasteiger partial charge on any atom is 0.193 e. The first-order chi connectivity index (χ1) is 15.6. The molecule has 7 nitrogen and oxygen atoms in total. The molecule has 2 fully saturated rings. The van der Waals surface area contributed by atoms with Gasteiger partial charge < -0.3 is 24.3 Å². The number of aromatic nitrogens is 2. The standard InChI is InChI=1S/C25H37N5O2/c1-19-5-6-23(31-4)21(15-19)25(8-13-32-14-9-25)17-28-24(26-3)29-11-7-20(2)22(16-29)30-12-10-27-18-30/h5-6,10,12,15,18,20,22H,7-9,11,13-14,16-17H2,1-4H3,(H,26,28). The van der Waals surface area contributed by atoms with Crippen molar-refractivity contribution in [2.75, 3.05) is 47.0 Å². The number of aryl methyl sites for hydroxylation is 1. The third kappa shape index (κ3) is 4.63. The van der Waals surface area contributed by atoms with Gasteiger partial charge in [-0.15, -0.1) is 0 Å². The minimum absolute atomic E-state index is 0.0433. The number of nitrogens with zero attached hydrogens (tertiary/aromatic N) is 4. The van der Waals surface area contributed by atoms with Crippen molar-refractivity contribution < 1.29 is 9.47 Å². The molecule has 3 heterocycles. The molecular formula is C25H37N5O2. The van der Waals surface area contributed by atoms with Gasteiger partial charge in [-0.25, -0.2) is 4.98 Å². The van der Waals surface area contributed by atoms with Gasteiger partial charge in [-0.1, -0.05) is 24.6 Å². The lowest BCUT2D eigenvalue weighted by Gasteiger charge is -2.42. The minimum Gasteiger partial charge on any atom is -0.496 e. The number of benzene rings is 1.